The first-order valence-electron chi connectivity index (χ1n) is 10.7. The maximum atomic E-state index is 3.75. The molecule has 0 amide bonds. The summed E-state index contributed by atoms with van der Waals surface area (Å²) in [4.78, 5) is 3.75. The van der Waals surface area contributed by atoms with Crippen LogP contribution in [0.5, 0.6) is 0 Å². The Labute approximate surface area is 200 Å². The number of H-pyrrole nitrogens is 1. The van der Waals surface area contributed by atoms with E-state index in [9.17, 15) is 0 Å². The lowest BCUT2D eigenvalue weighted by atomic mass is 9.93. The Balaban J connectivity index is 1.73. The minimum absolute atomic E-state index is 1.17. The van der Waals surface area contributed by atoms with Crippen molar-refractivity contribution >= 4 is 44.4 Å². The fourth-order valence-corrected chi connectivity index (χ4v) is 4.93. The predicted octanol–water partition coefficient (Wildman–Crippen LogP) is 8.93. The van der Waals surface area contributed by atoms with Gasteiger partial charge >= 0.3 is 0 Å². The number of aromatic amines is 1. The zero-order chi connectivity index (χ0) is 21.5. The van der Waals surface area contributed by atoms with Crippen molar-refractivity contribution in [2.24, 2.45) is 0 Å². The Morgan fingerprint density at radius 2 is 1.16 bits per heavy atom. The molecule has 0 saturated carbocycles. The minimum Gasteiger partial charge on any atom is -0.354 e. The third kappa shape index (κ3) is 3.32. The average molecular weight is 521 g/mol. The zero-order valence-corrected chi connectivity index (χ0v) is 19.5. The smallest absolute Gasteiger partial charge is 0.0545 e. The highest BCUT2D eigenvalue weighted by Crippen LogP contribution is 2.41. The van der Waals surface area contributed by atoms with Crippen molar-refractivity contribution in [3.05, 3.63) is 119 Å². The Kier molecular flexibility index (Phi) is 4.80. The number of nitrogens with one attached hydrogen (secondary N) is 1. The van der Waals surface area contributed by atoms with E-state index in [-0.39, 0.29) is 0 Å². The molecule has 0 aliphatic carbocycles. The van der Waals surface area contributed by atoms with E-state index in [4.69, 9.17) is 0 Å². The van der Waals surface area contributed by atoms with Crippen molar-refractivity contribution < 1.29 is 0 Å². The predicted molar refractivity (Wildman–Crippen MR) is 145 cm³/mol. The van der Waals surface area contributed by atoms with Crippen LogP contribution in [0.4, 0.5) is 0 Å². The van der Waals surface area contributed by atoms with Gasteiger partial charge in [-0.1, -0.05) is 84.9 Å². The van der Waals surface area contributed by atoms with E-state index >= 15 is 0 Å². The monoisotopic (exact) mass is 521 g/mol. The van der Waals surface area contributed by atoms with Gasteiger partial charge in [-0.25, -0.2) is 0 Å². The van der Waals surface area contributed by atoms with Crippen LogP contribution in [0, 0.1) is 3.57 Å². The van der Waals surface area contributed by atoms with E-state index in [2.05, 4.69) is 143 Å². The number of fused-ring (bicyclic) bond motifs is 3. The van der Waals surface area contributed by atoms with Crippen LogP contribution in [0.25, 0.3) is 55.2 Å². The van der Waals surface area contributed by atoms with Gasteiger partial charge in [-0.15, -0.1) is 0 Å². The Morgan fingerprint density at radius 3 is 1.88 bits per heavy atom. The number of aromatic nitrogens is 1. The van der Waals surface area contributed by atoms with E-state index in [1.54, 1.807) is 0 Å². The molecular formula is C30H20IN. The van der Waals surface area contributed by atoms with Crippen molar-refractivity contribution in [3.63, 3.8) is 0 Å². The van der Waals surface area contributed by atoms with Gasteiger partial charge in [0, 0.05) is 25.4 Å². The Bertz CT molecular complexity index is 1550. The van der Waals surface area contributed by atoms with Crippen molar-refractivity contribution in [2.45, 2.75) is 0 Å². The summed E-state index contributed by atoms with van der Waals surface area (Å²) in [6, 6.07) is 41.3. The largest absolute Gasteiger partial charge is 0.354 e. The average Bonchev–Trinajstić information content (AvgIpc) is 3.24. The second-order valence-electron chi connectivity index (χ2n) is 8.04. The zero-order valence-electron chi connectivity index (χ0n) is 17.3. The van der Waals surface area contributed by atoms with Gasteiger partial charge in [0.2, 0.25) is 0 Å². The van der Waals surface area contributed by atoms with Gasteiger partial charge in [-0.05, 0) is 80.7 Å². The second-order valence-corrected chi connectivity index (χ2v) is 9.28. The summed E-state index contributed by atoms with van der Waals surface area (Å²) in [6.07, 6.45) is 0. The van der Waals surface area contributed by atoms with Crippen LogP contribution in [0.2, 0.25) is 0 Å². The molecule has 0 unspecified atom stereocenters. The Morgan fingerprint density at radius 1 is 0.500 bits per heavy atom. The third-order valence-corrected chi connectivity index (χ3v) is 6.80. The quantitative estimate of drug-likeness (QED) is 0.224. The van der Waals surface area contributed by atoms with Gasteiger partial charge < -0.3 is 4.98 Å². The van der Waals surface area contributed by atoms with Gasteiger partial charge in [0.15, 0.2) is 0 Å². The first-order chi connectivity index (χ1) is 15.8. The molecule has 0 saturated heterocycles. The molecule has 2 heteroatoms. The standard InChI is InChI=1S/C30H20IN/c31-24-16-14-22(15-17-24)26-18-23(20-8-3-1-4-9-20)19-27-29-25(21-10-5-2-6-11-21)12-7-13-28(29)32-30(26)27/h1-19,32H. The molecule has 6 rings (SSSR count). The lowest BCUT2D eigenvalue weighted by Crippen LogP contribution is -1.85. The summed E-state index contributed by atoms with van der Waals surface area (Å²) in [5.41, 5.74) is 9.76. The van der Waals surface area contributed by atoms with E-state index in [1.165, 1.54) is 58.8 Å². The van der Waals surface area contributed by atoms with Gasteiger partial charge in [0.1, 0.15) is 0 Å². The molecule has 6 aromatic rings. The molecule has 1 N–H and O–H groups in total. The third-order valence-electron chi connectivity index (χ3n) is 6.08. The van der Waals surface area contributed by atoms with Crippen LogP contribution in [0.1, 0.15) is 0 Å². The highest BCUT2D eigenvalue weighted by molar-refractivity contribution is 14.1. The summed E-state index contributed by atoms with van der Waals surface area (Å²) in [5.74, 6) is 0. The maximum absolute atomic E-state index is 3.75. The molecule has 0 bridgehead atoms. The highest BCUT2D eigenvalue weighted by Gasteiger charge is 2.16. The minimum atomic E-state index is 1.17. The first kappa shape index (κ1) is 19.3. The van der Waals surface area contributed by atoms with Crippen LogP contribution in [0.15, 0.2) is 115 Å². The van der Waals surface area contributed by atoms with Crippen molar-refractivity contribution in [2.75, 3.05) is 0 Å². The molecule has 1 nitrogen and oxygen atoms in total. The fraction of sp³-hybridized carbons (Fsp3) is 0. The van der Waals surface area contributed by atoms with Crippen LogP contribution >= 0.6 is 22.6 Å². The highest BCUT2D eigenvalue weighted by atomic mass is 127. The van der Waals surface area contributed by atoms with Crippen LogP contribution in [-0.4, -0.2) is 4.98 Å². The van der Waals surface area contributed by atoms with Crippen molar-refractivity contribution in [3.8, 4) is 33.4 Å². The van der Waals surface area contributed by atoms with Gasteiger partial charge in [0.25, 0.3) is 0 Å². The van der Waals surface area contributed by atoms with Crippen LogP contribution in [0.3, 0.4) is 0 Å². The molecule has 0 spiro atoms. The molecule has 0 radical (unpaired) electrons. The molecule has 0 aliphatic heterocycles. The van der Waals surface area contributed by atoms with Gasteiger partial charge in [-0.2, -0.15) is 0 Å². The Hall–Kier alpha value is -3.37. The van der Waals surface area contributed by atoms with Crippen LogP contribution in [-0.2, 0) is 0 Å². The number of hydrogen-bond donors (Lipinski definition) is 1. The fourth-order valence-electron chi connectivity index (χ4n) is 4.57. The second kappa shape index (κ2) is 7.95. The summed E-state index contributed by atoms with van der Waals surface area (Å²) >= 11 is 2.36. The molecule has 32 heavy (non-hydrogen) atoms. The maximum Gasteiger partial charge on any atom is 0.0545 e. The SMILES string of the molecule is Ic1ccc(-c2cc(-c3ccccc3)cc3c2[nH]c2cccc(-c4ccccc4)c23)cc1. The van der Waals surface area contributed by atoms with Gasteiger partial charge in [0.05, 0.1) is 5.52 Å². The summed E-state index contributed by atoms with van der Waals surface area (Å²) in [5, 5.41) is 2.53. The van der Waals surface area contributed by atoms with Gasteiger partial charge in [-0.3, -0.25) is 0 Å². The summed E-state index contributed by atoms with van der Waals surface area (Å²) < 4.78 is 1.24. The first-order valence-corrected chi connectivity index (χ1v) is 11.8. The molecule has 0 fully saturated rings. The number of rotatable bonds is 3. The van der Waals surface area contributed by atoms with Crippen molar-refractivity contribution in [1.29, 1.82) is 0 Å². The normalized spacial score (nSPS) is 11.3. The molecule has 1 aromatic heterocycles. The molecule has 0 atom stereocenters. The molecule has 152 valence electrons. The molecule has 1 heterocycles. The molecule has 0 aliphatic rings. The topological polar surface area (TPSA) is 15.8 Å². The molecular weight excluding hydrogens is 501 g/mol. The lowest BCUT2D eigenvalue weighted by molar-refractivity contribution is 1.52. The summed E-state index contributed by atoms with van der Waals surface area (Å²) in [6.45, 7) is 0. The number of halogens is 1. The van der Waals surface area contributed by atoms with E-state index in [0.29, 0.717) is 0 Å². The molecule has 5 aromatic carbocycles. The van der Waals surface area contributed by atoms with E-state index in [0.717, 1.165) is 0 Å². The van der Waals surface area contributed by atoms with E-state index < -0.39 is 0 Å². The van der Waals surface area contributed by atoms with E-state index in [1.807, 2.05) is 0 Å². The number of benzene rings is 5. The van der Waals surface area contributed by atoms with Crippen LogP contribution < -0.4 is 0 Å². The number of hydrogen-bond acceptors (Lipinski definition) is 0. The lowest BCUT2D eigenvalue weighted by Gasteiger charge is -2.10. The summed E-state index contributed by atoms with van der Waals surface area (Å²) in [7, 11) is 0. The van der Waals surface area contributed by atoms with Crippen molar-refractivity contribution in [1.82, 2.24) is 4.98 Å².